The van der Waals surface area contributed by atoms with E-state index in [0.29, 0.717) is 19.2 Å². The Morgan fingerprint density at radius 1 is 1.24 bits per heavy atom. The Labute approximate surface area is 104 Å². The molecule has 1 aromatic rings. The summed E-state index contributed by atoms with van der Waals surface area (Å²) in [5.41, 5.74) is 1.16. The van der Waals surface area contributed by atoms with Gasteiger partial charge >= 0.3 is 0 Å². The summed E-state index contributed by atoms with van der Waals surface area (Å²) >= 11 is 0. The number of ether oxygens (including phenoxy) is 1. The Morgan fingerprint density at radius 3 is 2.53 bits per heavy atom. The molecular formula is C14H23NO2. The highest BCUT2D eigenvalue weighted by Crippen LogP contribution is 2.15. The quantitative estimate of drug-likeness (QED) is 0.788. The normalized spacial score (nSPS) is 11.2. The average molecular weight is 237 g/mol. The smallest absolute Gasteiger partial charge is 0.122 e. The van der Waals surface area contributed by atoms with Crippen LogP contribution in [0.25, 0.3) is 0 Å². The summed E-state index contributed by atoms with van der Waals surface area (Å²) in [4.78, 5) is 2.21. The Balaban J connectivity index is 2.38. The minimum Gasteiger partial charge on any atom is -0.492 e. The van der Waals surface area contributed by atoms with Crippen molar-refractivity contribution in [3.8, 4) is 5.75 Å². The van der Waals surface area contributed by atoms with Crippen LogP contribution in [-0.2, 0) is 0 Å². The van der Waals surface area contributed by atoms with Gasteiger partial charge in [-0.05, 0) is 32.4 Å². The molecule has 1 aromatic carbocycles. The standard InChI is InChI=1S/C14H23NO2/c1-12(2)15(8-10-16)9-11-17-14-7-5-4-6-13(14)3/h4-7,12,16H,8-11H2,1-3H3. The molecule has 0 atom stereocenters. The number of benzene rings is 1. The highest BCUT2D eigenvalue weighted by atomic mass is 16.5. The van der Waals surface area contributed by atoms with Crippen LogP contribution < -0.4 is 4.74 Å². The lowest BCUT2D eigenvalue weighted by Crippen LogP contribution is -2.36. The molecule has 0 aliphatic heterocycles. The average Bonchev–Trinajstić information content (AvgIpc) is 2.30. The second kappa shape index (κ2) is 7.30. The molecule has 0 amide bonds. The molecule has 0 bridgehead atoms. The van der Waals surface area contributed by atoms with E-state index in [1.807, 2.05) is 31.2 Å². The molecule has 0 spiro atoms. The van der Waals surface area contributed by atoms with Crippen molar-refractivity contribution in [3.63, 3.8) is 0 Å². The third-order valence-corrected chi connectivity index (χ3v) is 2.85. The Bertz CT molecular complexity index is 326. The minimum absolute atomic E-state index is 0.197. The van der Waals surface area contributed by atoms with Gasteiger partial charge in [0.25, 0.3) is 0 Å². The number of aryl methyl sites for hydroxylation is 1. The predicted octanol–water partition coefficient (Wildman–Crippen LogP) is 2.08. The van der Waals surface area contributed by atoms with Gasteiger partial charge in [0.15, 0.2) is 0 Å². The molecule has 0 aliphatic carbocycles. The molecule has 0 aliphatic rings. The molecule has 0 heterocycles. The van der Waals surface area contributed by atoms with E-state index in [9.17, 15) is 0 Å². The maximum absolute atomic E-state index is 8.96. The van der Waals surface area contributed by atoms with Gasteiger partial charge in [-0.1, -0.05) is 18.2 Å². The Hall–Kier alpha value is -1.06. The van der Waals surface area contributed by atoms with Crippen LogP contribution in [0.5, 0.6) is 5.75 Å². The largest absolute Gasteiger partial charge is 0.492 e. The molecule has 96 valence electrons. The topological polar surface area (TPSA) is 32.7 Å². The summed E-state index contributed by atoms with van der Waals surface area (Å²) in [6.45, 7) is 8.70. The summed E-state index contributed by atoms with van der Waals surface area (Å²) in [6, 6.07) is 8.46. The van der Waals surface area contributed by atoms with Gasteiger partial charge in [-0.25, -0.2) is 0 Å². The number of aliphatic hydroxyl groups is 1. The predicted molar refractivity (Wildman–Crippen MR) is 70.5 cm³/mol. The fourth-order valence-electron chi connectivity index (χ4n) is 1.75. The van der Waals surface area contributed by atoms with E-state index in [1.54, 1.807) is 0 Å². The molecule has 1 rings (SSSR count). The van der Waals surface area contributed by atoms with Crippen LogP contribution in [-0.4, -0.2) is 42.4 Å². The summed E-state index contributed by atoms with van der Waals surface area (Å²) in [5, 5.41) is 8.96. The second-order valence-corrected chi connectivity index (χ2v) is 4.47. The first kappa shape index (κ1) is 14.0. The van der Waals surface area contributed by atoms with E-state index in [-0.39, 0.29) is 6.61 Å². The maximum atomic E-state index is 8.96. The molecule has 0 radical (unpaired) electrons. The van der Waals surface area contributed by atoms with E-state index in [1.165, 1.54) is 0 Å². The lowest BCUT2D eigenvalue weighted by atomic mass is 10.2. The third kappa shape index (κ3) is 4.75. The van der Waals surface area contributed by atoms with Gasteiger partial charge in [0.2, 0.25) is 0 Å². The number of hydrogen-bond acceptors (Lipinski definition) is 3. The number of para-hydroxylation sites is 1. The van der Waals surface area contributed by atoms with Crippen molar-refractivity contribution in [2.45, 2.75) is 26.8 Å². The van der Waals surface area contributed by atoms with Crippen molar-refractivity contribution >= 4 is 0 Å². The molecule has 0 aromatic heterocycles. The molecule has 3 nitrogen and oxygen atoms in total. The van der Waals surface area contributed by atoms with Gasteiger partial charge < -0.3 is 9.84 Å². The van der Waals surface area contributed by atoms with Crippen molar-refractivity contribution in [1.82, 2.24) is 4.90 Å². The first-order chi connectivity index (χ1) is 8.15. The van der Waals surface area contributed by atoms with E-state index >= 15 is 0 Å². The third-order valence-electron chi connectivity index (χ3n) is 2.85. The van der Waals surface area contributed by atoms with Crippen LogP contribution in [0.2, 0.25) is 0 Å². The van der Waals surface area contributed by atoms with Crippen LogP contribution in [0.3, 0.4) is 0 Å². The summed E-state index contributed by atoms with van der Waals surface area (Å²) < 4.78 is 5.74. The second-order valence-electron chi connectivity index (χ2n) is 4.47. The highest BCUT2D eigenvalue weighted by Gasteiger charge is 2.08. The zero-order valence-corrected chi connectivity index (χ0v) is 11.0. The fraction of sp³-hybridized carbons (Fsp3) is 0.571. The van der Waals surface area contributed by atoms with Crippen molar-refractivity contribution in [2.24, 2.45) is 0 Å². The van der Waals surface area contributed by atoms with E-state index in [2.05, 4.69) is 18.7 Å². The Morgan fingerprint density at radius 2 is 1.94 bits per heavy atom. The van der Waals surface area contributed by atoms with E-state index in [4.69, 9.17) is 9.84 Å². The van der Waals surface area contributed by atoms with Crippen molar-refractivity contribution < 1.29 is 9.84 Å². The molecule has 0 saturated carbocycles. The van der Waals surface area contributed by atoms with Crippen LogP contribution in [0.4, 0.5) is 0 Å². The molecule has 1 N–H and O–H groups in total. The van der Waals surface area contributed by atoms with E-state index < -0.39 is 0 Å². The summed E-state index contributed by atoms with van der Waals surface area (Å²) in [7, 11) is 0. The first-order valence-electron chi connectivity index (χ1n) is 6.18. The fourth-order valence-corrected chi connectivity index (χ4v) is 1.75. The zero-order valence-electron chi connectivity index (χ0n) is 11.0. The molecule has 0 fully saturated rings. The van der Waals surface area contributed by atoms with Crippen LogP contribution in [0.1, 0.15) is 19.4 Å². The number of rotatable bonds is 7. The lowest BCUT2D eigenvalue weighted by Gasteiger charge is -2.25. The van der Waals surface area contributed by atoms with Crippen LogP contribution >= 0.6 is 0 Å². The number of nitrogens with zero attached hydrogens (tertiary/aromatic N) is 1. The van der Waals surface area contributed by atoms with E-state index in [0.717, 1.165) is 17.9 Å². The molecule has 0 unspecified atom stereocenters. The van der Waals surface area contributed by atoms with Gasteiger partial charge in [-0.2, -0.15) is 0 Å². The zero-order chi connectivity index (χ0) is 12.7. The molecule has 3 heteroatoms. The van der Waals surface area contributed by atoms with Crippen molar-refractivity contribution in [2.75, 3.05) is 26.3 Å². The van der Waals surface area contributed by atoms with Crippen molar-refractivity contribution in [1.29, 1.82) is 0 Å². The van der Waals surface area contributed by atoms with Gasteiger partial charge in [0.1, 0.15) is 12.4 Å². The van der Waals surface area contributed by atoms with Crippen molar-refractivity contribution in [3.05, 3.63) is 29.8 Å². The van der Waals surface area contributed by atoms with Crippen LogP contribution in [0, 0.1) is 6.92 Å². The summed E-state index contributed by atoms with van der Waals surface area (Å²) in [5.74, 6) is 0.945. The maximum Gasteiger partial charge on any atom is 0.122 e. The van der Waals surface area contributed by atoms with Gasteiger partial charge in [-0.15, -0.1) is 0 Å². The number of hydrogen-bond donors (Lipinski definition) is 1. The SMILES string of the molecule is Cc1ccccc1OCCN(CCO)C(C)C. The van der Waals surface area contributed by atoms with Gasteiger partial charge in [0.05, 0.1) is 6.61 Å². The highest BCUT2D eigenvalue weighted by molar-refractivity contribution is 5.31. The number of aliphatic hydroxyl groups excluding tert-OH is 1. The summed E-state index contributed by atoms with van der Waals surface area (Å²) in [6.07, 6.45) is 0. The Kier molecular flexibility index (Phi) is 6.01. The lowest BCUT2D eigenvalue weighted by molar-refractivity contribution is 0.141. The van der Waals surface area contributed by atoms with Gasteiger partial charge in [0, 0.05) is 19.1 Å². The van der Waals surface area contributed by atoms with Crippen LogP contribution in [0.15, 0.2) is 24.3 Å². The van der Waals surface area contributed by atoms with Gasteiger partial charge in [-0.3, -0.25) is 4.90 Å². The molecule has 0 saturated heterocycles. The molecule has 17 heavy (non-hydrogen) atoms. The minimum atomic E-state index is 0.197. The first-order valence-corrected chi connectivity index (χ1v) is 6.18. The molecular weight excluding hydrogens is 214 g/mol. The monoisotopic (exact) mass is 237 g/mol.